The van der Waals surface area contributed by atoms with Crippen molar-refractivity contribution in [3.8, 4) is 5.75 Å². The Labute approximate surface area is 120 Å². The van der Waals surface area contributed by atoms with E-state index < -0.39 is 24.7 Å². The molecule has 0 aliphatic carbocycles. The first-order valence-electron chi connectivity index (χ1n) is 6.50. The van der Waals surface area contributed by atoms with Crippen LogP contribution in [0.25, 0.3) is 0 Å². The van der Waals surface area contributed by atoms with Crippen LogP contribution >= 0.6 is 0 Å². The number of benzene rings is 1. The van der Waals surface area contributed by atoms with Gasteiger partial charge in [-0.1, -0.05) is 17.7 Å². The number of amides is 1. The van der Waals surface area contributed by atoms with Gasteiger partial charge >= 0.3 is 6.18 Å². The average molecular weight is 305 g/mol. The van der Waals surface area contributed by atoms with Gasteiger partial charge in [0.05, 0.1) is 13.2 Å². The fraction of sp³-hybridized carbons (Fsp3) is 0.500. The molecule has 1 aromatic carbocycles. The van der Waals surface area contributed by atoms with Gasteiger partial charge in [-0.05, 0) is 25.5 Å². The molecule has 0 heterocycles. The van der Waals surface area contributed by atoms with E-state index in [0.717, 1.165) is 5.56 Å². The van der Waals surface area contributed by atoms with Crippen molar-refractivity contribution in [2.75, 3.05) is 13.2 Å². The molecular formula is C14H18F3NO3. The third-order valence-electron chi connectivity index (χ3n) is 2.71. The number of hydrogen-bond acceptors (Lipinski definition) is 3. The Balaban J connectivity index is 2.15. The van der Waals surface area contributed by atoms with Crippen molar-refractivity contribution >= 4 is 5.91 Å². The Hall–Kier alpha value is -1.76. The number of hydrogen-bond donors (Lipinski definition) is 2. The van der Waals surface area contributed by atoms with Crippen molar-refractivity contribution in [2.45, 2.75) is 32.0 Å². The summed E-state index contributed by atoms with van der Waals surface area (Å²) in [5.74, 6) is 0.124. The van der Waals surface area contributed by atoms with Gasteiger partial charge in [-0.15, -0.1) is 0 Å². The summed E-state index contributed by atoms with van der Waals surface area (Å²) in [7, 11) is 0. The van der Waals surface area contributed by atoms with E-state index in [1.165, 1.54) is 0 Å². The number of alkyl halides is 3. The molecule has 118 valence electrons. The number of halogens is 3. The highest BCUT2D eigenvalue weighted by Crippen LogP contribution is 2.19. The van der Waals surface area contributed by atoms with Crippen molar-refractivity contribution in [3.05, 3.63) is 29.8 Å². The van der Waals surface area contributed by atoms with Crippen molar-refractivity contribution in [2.24, 2.45) is 0 Å². The third kappa shape index (κ3) is 6.99. The first-order chi connectivity index (χ1) is 9.79. The molecular weight excluding hydrogens is 287 g/mol. The molecule has 0 saturated heterocycles. The topological polar surface area (TPSA) is 58.6 Å². The van der Waals surface area contributed by atoms with Crippen LogP contribution in [-0.2, 0) is 4.79 Å². The molecule has 0 fully saturated rings. The maximum atomic E-state index is 12.0. The summed E-state index contributed by atoms with van der Waals surface area (Å²) in [5, 5.41) is 10.7. The summed E-state index contributed by atoms with van der Waals surface area (Å²) in [6, 6.07) is 7.38. The molecule has 21 heavy (non-hydrogen) atoms. The van der Waals surface area contributed by atoms with Crippen molar-refractivity contribution in [1.82, 2.24) is 5.32 Å². The highest BCUT2D eigenvalue weighted by molar-refractivity contribution is 5.75. The maximum Gasteiger partial charge on any atom is 0.416 e. The SMILES string of the molecule is Cc1ccc(OCCCC(=O)NCC(O)C(F)(F)F)cc1. The molecule has 7 heteroatoms. The third-order valence-corrected chi connectivity index (χ3v) is 2.71. The van der Waals surface area contributed by atoms with Gasteiger partial charge < -0.3 is 15.2 Å². The Morgan fingerprint density at radius 2 is 1.95 bits per heavy atom. The second-order valence-electron chi connectivity index (χ2n) is 4.63. The molecule has 1 amide bonds. The summed E-state index contributed by atoms with van der Waals surface area (Å²) in [6.45, 7) is 1.41. The van der Waals surface area contributed by atoms with Crippen molar-refractivity contribution < 1.29 is 27.8 Å². The second-order valence-corrected chi connectivity index (χ2v) is 4.63. The van der Waals surface area contributed by atoms with E-state index in [1.54, 1.807) is 12.1 Å². The van der Waals surface area contributed by atoms with Crippen LogP contribution in [0.4, 0.5) is 13.2 Å². The van der Waals surface area contributed by atoms with Crippen LogP contribution in [0.1, 0.15) is 18.4 Å². The minimum Gasteiger partial charge on any atom is -0.494 e. The Morgan fingerprint density at radius 3 is 2.52 bits per heavy atom. The van der Waals surface area contributed by atoms with E-state index in [2.05, 4.69) is 0 Å². The van der Waals surface area contributed by atoms with Crippen LogP contribution in [0.5, 0.6) is 5.75 Å². The molecule has 1 rings (SSSR count). The van der Waals surface area contributed by atoms with Gasteiger partial charge in [0.15, 0.2) is 6.10 Å². The van der Waals surface area contributed by atoms with Gasteiger partial charge in [0, 0.05) is 6.42 Å². The molecule has 1 atom stereocenters. The normalized spacial score (nSPS) is 12.8. The zero-order chi connectivity index (χ0) is 15.9. The van der Waals surface area contributed by atoms with E-state index >= 15 is 0 Å². The minimum absolute atomic E-state index is 0.0381. The van der Waals surface area contributed by atoms with E-state index in [1.807, 2.05) is 24.4 Å². The lowest BCUT2D eigenvalue weighted by molar-refractivity contribution is -0.201. The van der Waals surface area contributed by atoms with Gasteiger partial charge in [0.2, 0.25) is 5.91 Å². The lowest BCUT2D eigenvalue weighted by atomic mass is 10.2. The molecule has 0 aromatic heterocycles. The number of nitrogens with one attached hydrogen (secondary N) is 1. The summed E-state index contributed by atoms with van der Waals surface area (Å²) in [5.41, 5.74) is 1.10. The molecule has 0 aliphatic rings. The predicted molar refractivity (Wildman–Crippen MR) is 71.0 cm³/mol. The first kappa shape index (κ1) is 17.3. The Bertz CT molecular complexity index is 446. The fourth-order valence-corrected chi connectivity index (χ4v) is 1.47. The van der Waals surface area contributed by atoms with Crippen molar-refractivity contribution in [3.63, 3.8) is 0 Å². The monoisotopic (exact) mass is 305 g/mol. The van der Waals surface area contributed by atoms with E-state index in [4.69, 9.17) is 9.84 Å². The Morgan fingerprint density at radius 1 is 1.33 bits per heavy atom. The summed E-state index contributed by atoms with van der Waals surface area (Å²) in [6.07, 6.45) is -6.84. The number of aliphatic hydroxyl groups is 1. The highest BCUT2D eigenvalue weighted by Gasteiger charge is 2.38. The molecule has 0 aliphatic heterocycles. The van der Waals surface area contributed by atoms with Gasteiger partial charge in [0.1, 0.15) is 5.75 Å². The van der Waals surface area contributed by atoms with Gasteiger partial charge in [-0.25, -0.2) is 0 Å². The number of ether oxygens (including phenoxy) is 1. The van der Waals surface area contributed by atoms with Crippen LogP contribution in [-0.4, -0.2) is 36.4 Å². The smallest absolute Gasteiger partial charge is 0.416 e. The van der Waals surface area contributed by atoms with Crippen LogP contribution in [0, 0.1) is 6.92 Å². The summed E-state index contributed by atoms with van der Waals surface area (Å²) < 4.78 is 41.4. The van der Waals surface area contributed by atoms with E-state index in [-0.39, 0.29) is 13.0 Å². The van der Waals surface area contributed by atoms with Gasteiger partial charge in [-0.2, -0.15) is 13.2 Å². The quantitative estimate of drug-likeness (QED) is 0.759. The van der Waals surface area contributed by atoms with Crippen LogP contribution in [0.15, 0.2) is 24.3 Å². The number of aryl methyl sites for hydroxylation is 1. The summed E-state index contributed by atoms with van der Waals surface area (Å²) in [4.78, 5) is 11.3. The molecule has 0 spiro atoms. The Kier molecular flexibility index (Phi) is 6.48. The lowest BCUT2D eigenvalue weighted by Crippen LogP contribution is -2.40. The first-order valence-corrected chi connectivity index (χ1v) is 6.50. The molecule has 4 nitrogen and oxygen atoms in total. The molecule has 0 saturated carbocycles. The largest absolute Gasteiger partial charge is 0.494 e. The number of carbonyl (C=O) groups is 1. The van der Waals surface area contributed by atoms with Gasteiger partial charge in [-0.3, -0.25) is 4.79 Å². The molecule has 1 unspecified atom stereocenters. The standard InChI is InChI=1S/C14H18F3NO3/c1-10-4-6-11(7-5-10)21-8-2-3-13(20)18-9-12(19)14(15,16)17/h4-7,12,19H,2-3,8-9H2,1H3,(H,18,20). The molecule has 2 N–H and O–H groups in total. The fourth-order valence-electron chi connectivity index (χ4n) is 1.47. The average Bonchev–Trinajstić information content (AvgIpc) is 2.41. The second kappa shape index (κ2) is 7.87. The molecule has 0 bridgehead atoms. The van der Waals surface area contributed by atoms with E-state index in [9.17, 15) is 18.0 Å². The lowest BCUT2D eigenvalue weighted by Gasteiger charge is -2.15. The molecule has 0 radical (unpaired) electrons. The zero-order valence-electron chi connectivity index (χ0n) is 11.6. The molecule has 1 aromatic rings. The van der Waals surface area contributed by atoms with Crippen LogP contribution in [0.2, 0.25) is 0 Å². The van der Waals surface area contributed by atoms with Gasteiger partial charge in [0.25, 0.3) is 0 Å². The maximum absolute atomic E-state index is 12.0. The van der Waals surface area contributed by atoms with Crippen molar-refractivity contribution in [1.29, 1.82) is 0 Å². The highest BCUT2D eigenvalue weighted by atomic mass is 19.4. The number of aliphatic hydroxyl groups excluding tert-OH is 1. The van der Waals surface area contributed by atoms with E-state index in [0.29, 0.717) is 12.2 Å². The number of carbonyl (C=O) groups excluding carboxylic acids is 1. The summed E-state index contributed by atoms with van der Waals surface area (Å²) >= 11 is 0. The zero-order valence-corrected chi connectivity index (χ0v) is 11.6. The van der Waals surface area contributed by atoms with Crippen LogP contribution < -0.4 is 10.1 Å². The number of rotatable bonds is 7. The van der Waals surface area contributed by atoms with Crippen LogP contribution in [0.3, 0.4) is 0 Å². The predicted octanol–water partition coefficient (Wildman–Crippen LogP) is 2.19. The minimum atomic E-state index is -4.72.